The van der Waals surface area contributed by atoms with E-state index in [1.807, 2.05) is 0 Å². The highest BCUT2D eigenvalue weighted by Crippen LogP contribution is 2.22. The second-order valence-corrected chi connectivity index (χ2v) is 5.78. The maximum atomic E-state index is 3.53. The van der Waals surface area contributed by atoms with E-state index in [0.29, 0.717) is 0 Å². The van der Waals surface area contributed by atoms with Crippen molar-refractivity contribution in [3.05, 3.63) is 35.4 Å². The summed E-state index contributed by atoms with van der Waals surface area (Å²) in [4.78, 5) is 0. The van der Waals surface area contributed by atoms with Gasteiger partial charge in [-0.15, -0.1) is 0 Å². The molecular formula is C18H31N. The summed E-state index contributed by atoms with van der Waals surface area (Å²) in [6.07, 6.45) is 5.19. The van der Waals surface area contributed by atoms with Crippen molar-refractivity contribution in [3.8, 4) is 0 Å². The summed E-state index contributed by atoms with van der Waals surface area (Å²) in [6, 6.07) is 9.05. The lowest BCUT2D eigenvalue weighted by atomic mass is 9.86. The lowest BCUT2D eigenvalue weighted by molar-refractivity contribution is 0.340. The third-order valence-corrected chi connectivity index (χ3v) is 4.15. The Bertz CT molecular complexity index is 324. The zero-order valence-corrected chi connectivity index (χ0v) is 13.2. The highest BCUT2D eigenvalue weighted by atomic mass is 14.8. The molecule has 0 aliphatic heterocycles. The quantitative estimate of drug-likeness (QED) is 0.685. The first-order valence-corrected chi connectivity index (χ1v) is 7.95. The van der Waals surface area contributed by atoms with Gasteiger partial charge in [0.15, 0.2) is 0 Å². The van der Waals surface area contributed by atoms with Gasteiger partial charge in [-0.1, -0.05) is 63.4 Å². The number of hydrogen-bond donors (Lipinski definition) is 1. The van der Waals surface area contributed by atoms with E-state index in [2.05, 4.69) is 57.3 Å². The van der Waals surface area contributed by atoms with E-state index < -0.39 is 0 Å². The number of hydrogen-bond acceptors (Lipinski definition) is 1. The molecule has 19 heavy (non-hydrogen) atoms. The molecule has 0 aliphatic carbocycles. The summed E-state index contributed by atoms with van der Waals surface area (Å²) < 4.78 is 0. The zero-order chi connectivity index (χ0) is 14.1. The van der Waals surface area contributed by atoms with Gasteiger partial charge in [0.05, 0.1) is 0 Å². The van der Waals surface area contributed by atoms with Crippen LogP contribution in [0.4, 0.5) is 0 Å². The summed E-state index contributed by atoms with van der Waals surface area (Å²) in [5.41, 5.74) is 2.84. The maximum absolute atomic E-state index is 3.53. The van der Waals surface area contributed by atoms with Crippen molar-refractivity contribution in [1.82, 2.24) is 5.32 Å². The molecule has 1 rings (SSSR count). The Kier molecular flexibility index (Phi) is 7.81. The molecule has 0 saturated heterocycles. The minimum atomic E-state index is 0.771. The van der Waals surface area contributed by atoms with Crippen LogP contribution in [0.2, 0.25) is 0 Å². The van der Waals surface area contributed by atoms with Crippen molar-refractivity contribution < 1.29 is 0 Å². The fraction of sp³-hybridized carbons (Fsp3) is 0.667. The average molecular weight is 261 g/mol. The Morgan fingerprint density at radius 1 is 0.947 bits per heavy atom. The highest BCUT2D eigenvalue weighted by Gasteiger charge is 2.14. The van der Waals surface area contributed by atoms with E-state index in [1.165, 1.54) is 36.8 Å². The molecule has 0 heterocycles. The number of benzene rings is 1. The minimum Gasteiger partial charge on any atom is -0.317 e. The smallest absolute Gasteiger partial charge is 0.00173 e. The highest BCUT2D eigenvalue weighted by molar-refractivity contribution is 5.21. The van der Waals surface area contributed by atoms with Crippen LogP contribution in [0.3, 0.4) is 0 Å². The Morgan fingerprint density at radius 3 is 2.11 bits per heavy atom. The van der Waals surface area contributed by atoms with Crippen molar-refractivity contribution >= 4 is 0 Å². The van der Waals surface area contributed by atoms with Gasteiger partial charge in [0.1, 0.15) is 0 Å². The van der Waals surface area contributed by atoms with Crippen molar-refractivity contribution in [2.24, 2.45) is 11.8 Å². The third kappa shape index (κ3) is 6.24. The molecule has 1 heteroatoms. The van der Waals surface area contributed by atoms with E-state index >= 15 is 0 Å². The predicted molar refractivity (Wildman–Crippen MR) is 85.6 cm³/mol. The SMILES string of the molecule is CCNCC(Cc1ccc(C)cc1)CC(CC)CC. The van der Waals surface area contributed by atoms with Crippen molar-refractivity contribution in [2.75, 3.05) is 13.1 Å². The van der Waals surface area contributed by atoms with E-state index in [1.54, 1.807) is 0 Å². The molecule has 0 amide bonds. The van der Waals surface area contributed by atoms with Gasteiger partial charge in [-0.25, -0.2) is 0 Å². The number of nitrogens with one attached hydrogen (secondary N) is 1. The van der Waals surface area contributed by atoms with Gasteiger partial charge >= 0.3 is 0 Å². The molecule has 0 fully saturated rings. The Balaban J connectivity index is 2.59. The first-order chi connectivity index (χ1) is 9.19. The molecule has 0 radical (unpaired) electrons. The van der Waals surface area contributed by atoms with Gasteiger partial charge in [0.25, 0.3) is 0 Å². The van der Waals surface area contributed by atoms with Crippen LogP contribution in [0.1, 0.15) is 51.2 Å². The summed E-state index contributed by atoms with van der Waals surface area (Å²) in [5, 5.41) is 3.53. The van der Waals surface area contributed by atoms with Gasteiger partial charge < -0.3 is 5.32 Å². The molecule has 1 atom stereocenters. The number of aryl methyl sites for hydroxylation is 1. The second-order valence-electron chi connectivity index (χ2n) is 5.78. The van der Waals surface area contributed by atoms with Gasteiger partial charge in [0.2, 0.25) is 0 Å². The molecule has 1 nitrogen and oxygen atoms in total. The van der Waals surface area contributed by atoms with E-state index in [4.69, 9.17) is 0 Å². The second kappa shape index (κ2) is 9.14. The van der Waals surface area contributed by atoms with E-state index in [-0.39, 0.29) is 0 Å². The number of rotatable bonds is 9. The monoisotopic (exact) mass is 261 g/mol. The lowest BCUT2D eigenvalue weighted by Gasteiger charge is -2.22. The molecular weight excluding hydrogens is 230 g/mol. The molecule has 0 saturated carbocycles. The fourth-order valence-corrected chi connectivity index (χ4v) is 2.74. The molecule has 0 aliphatic rings. The first-order valence-electron chi connectivity index (χ1n) is 7.95. The van der Waals surface area contributed by atoms with Crippen LogP contribution in [-0.4, -0.2) is 13.1 Å². The fourth-order valence-electron chi connectivity index (χ4n) is 2.74. The van der Waals surface area contributed by atoms with E-state index in [0.717, 1.165) is 24.9 Å². The van der Waals surface area contributed by atoms with Crippen LogP contribution in [0.15, 0.2) is 24.3 Å². The lowest BCUT2D eigenvalue weighted by Crippen LogP contribution is -2.26. The molecule has 1 unspecified atom stereocenters. The average Bonchev–Trinajstić information content (AvgIpc) is 2.44. The third-order valence-electron chi connectivity index (χ3n) is 4.15. The zero-order valence-electron chi connectivity index (χ0n) is 13.2. The van der Waals surface area contributed by atoms with Crippen LogP contribution < -0.4 is 5.32 Å². The summed E-state index contributed by atoms with van der Waals surface area (Å²) in [7, 11) is 0. The van der Waals surface area contributed by atoms with Crippen LogP contribution in [0.25, 0.3) is 0 Å². The summed E-state index contributed by atoms with van der Waals surface area (Å²) in [5.74, 6) is 1.65. The summed E-state index contributed by atoms with van der Waals surface area (Å²) in [6.45, 7) is 11.2. The van der Waals surface area contributed by atoms with Crippen LogP contribution in [-0.2, 0) is 6.42 Å². The van der Waals surface area contributed by atoms with E-state index in [9.17, 15) is 0 Å². The van der Waals surface area contributed by atoms with Crippen molar-refractivity contribution in [2.45, 2.75) is 53.4 Å². The van der Waals surface area contributed by atoms with Crippen LogP contribution in [0, 0.1) is 18.8 Å². The van der Waals surface area contributed by atoms with Gasteiger partial charge in [-0.3, -0.25) is 0 Å². The molecule has 1 N–H and O–H groups in total. The van der Waals surface area contributed by atoms with Gasteiger partial charge in [-0.2, -0.15) is 0 Å². The Hall–Kier alpha value is -0.820. The van der Waals surface area contributed by atoms with Gasteiger partial charge in [-0.05, 0) is 50.3 Å². The standard InChI is InChI=1S/C18H31N/c1-5-16(6-2)12-18(14-19-7-3)13-17-10-8-15(4)9-11-17/h8-11,16,18-19H,5-7,12-14H2,1-4H3. The van der Waals surface area contributed by atoms with Crippen molar-refractivity contribution in [1.29, 1.82) is 0 Å². The van der Waals surface area contributed by atoms with Gasteiger partial charge in [0, 0.05) is 0 Å². The maximum Gasteiger partial charge on any atom is -0.00173 e. The Labute approximate surface area is 119 Å². The van der Waals surface area contributed by atoms with Crippen molar-refractivity contribution in [3.63, 3.8) is 0 Å². The molecule has 108 valence electrons. The normalized spacial score (nSPS) is 12.9. The predicted octanol–water partition coefficient (Wildman–Crippen LogP) is 4.59. The first kappa shape index (κ1) is 16.2. The Morgan fingerprint density at radius 2 is 1.58 bits per heavy atom. The molecule has 0 aromatic heterocycles. The topological polar surface area (TPSA) is 12.0 Å². The molecule has 1 aromatic carbocycles. The molecule has 0 bridgehead atoms. The van der Waals surface area contributed by atoms with Crippen LogP contribution >= 0.6 is 0 Å². The largest absolute Gasteiger partial charge is 0.317 e. The summed E-state index contributed by atoms with van der Waals surface area (Å²) >= 11 is 0. The molecule has 0 spiro atoms. The van der Waals surface area contributed by atoms with Crippen LogP contribution in [0.5, 0.6) is 0 Å². The minimum absolute atomic E-state index is 0.771. The molecule has 1 aromatic rings.